The van der Waals surface area contributed by atoms with Gasteiger partial charge in [-0.25, -0.2) is 4.98 Å². The third kappa shape index (κ3) is 2.22. The van der Waals surface area contributed by atoms with Crippen LogP contribution in [0, 0.1) is 6.92 Å². The molecule has 0 fully saturated rings. The molecule has 0 bridgehead atoms. The maximum Gasteiger partial charge on any atom is 0.128 e. The van der Waals surface area contributed by atoms with Crippen LogP contribution >= 0.6 is 0 Å². The second-order valence-corrected chi connectivity index (χ2v) is 3.10. The maximum atomic E-state index is 8.40. The van der Waals surface area contributed by atoms with E-state index in [2.05, 4.69) is 17.1 Å². The molecule has 0 saturated heterocycles. The Kier molecular flexibility index (Phi) is 3.45. The lowest BCUT2D eigenvalue weighted by Gasteiger charge is -2.16. The molecule has 0 aliphatic rings. The van der Waals surface area contributed by atoms with Crippen molar-refractivity contribution in [2.24, 2.45) is 5.16 Å². The highest BCUT2D eigenvalue weighted by molar-refractivity contribution is 5.80. The first-order valence-electron chi connectivity index (χ1n) is 4.55. The molecule has 0 aromatic carbocycles. The van der Waals surface area contributed by atoms with Gasteiger partial charge in [0.1, 0.15) is 5.82 Å². The van der Waals surface area contributed by atoms with Gasteiger partial charge in [-0.3, -0.25) is 0 Å². The summed E-state index contributed by atoms with van der Waals surface area (Å²) in [6, 6.07) is 3.80. The van der Waals surface area contributed by atoms with E-state index in [0.29, 0.717) is 0 Å². The number of nitrogens with zero attached hydrogens (tertiary/aromatic N) is 3. The number of anilines is 1. The minimum Gasteiger partial charge on any atom is -0.411 e. The highest BCUT2D eigenvalue weighted by Crippen LogP contribution is 2.11. The summed E-state index contributed by atoms with van der Waals surface area (Å²) in [7, 11) is 1.99. The molecule has 0 radical (unpaired) electrons. The minimum atomic E-state index is 0.834. The zero-order valence-corrected chi connectivity index (χ0v) is 8.73. The van der Waals surface area contributed by atoms with E-state index in [4.69, 9.17) is 5.21 Å². The lowest BCUT2D eigenvalue weighted by molar-refractivity contribution is 0.322. The van der Waals surface area contributed by atoms with Crippen LogP contribution in [0.3, 0.4) is 0 Å². The van der Waals surface area contributed by atoms with Crippen molar-refractivity contribution in [3.63, 3.8) is 0 Å². The van der Waals surface area contributed by atoms with E-state index in [9.17, 15) is 0 Å². The first kappa shape index (κ1) is 10.5. The van der Waals surface area contributed by atoms with Crippen LogP contribution in [0.1, 0.15) is 18.2 Å². The Bertz CT molecular complexity index is 336. The van der Waals surface area contributed by atoms with Gasteiger partial charge < -0.3 is 10.1 Å². The standard InChI is InChI=1S/C10H15N3O/c1-4-13(3)10-6-5-9(7-11-14)8(2)12-10/h5-7,14H,4H2,1-3H3/b11-7-. The van der Waals surface area contributed by atoms with E-state index >= 15 is 0 Å². The van der Waals surface area contributed by atoms with E-state index in [0.717, 1.165) is 23.6 Å². The Morgan fingerprint density at radius 1 is 1.57 bits per heavy atom. The van der Waals surface area contributed by atoms with Gasteiger partial charge in [0.25, 0.3) is 0 Å². The molecule has 76 valence electrons. The van der Waals surface area contributed by atoms with Crippen LogP contribution in [-0.4, -0.2) is 30.0 Å². The maximum absolute atomic E-state index is 8.40. The lowest BCUT2D eigenvalue weighted by atomic mass is 10.2. The molecule has 0 unspecified atom stereocenters. The van der Waals surface area contributed by atoms with E-state index in [1.54, 1.807) is 0 Å². The van der Waals surface area contributed by atoms with Gasteiger partial charge in [-0.1, -0.05) is 5.16 Å². The summed E-state index contributed by atoms with van der Waals surface area (Å²) in [4.78, 5) is 6.43. The number of aromatic nitrogens is 1. The number of oxime groups is 1. The van der Waals surface area contributed by atoms with Crippen molar-refractivity contribution >= 4 is 12.0 Å². The molecule has 0 saturated carbocycles. The van der Waals surface area contributed by atoms with Crippen LogP contribution in [0.4, 0.5) is 5.82 Å². The van der Waals surface area contributed by atoms with Gasteiger partial charge in [0.2, 0.25) is 0 Å². The van der Waals surface area contributed by atoms with Crippen LogP contribution in [-0.2, 0) is 0 Å². The molecule has 4 nitrogen and oxygen atoms in total. The molecule has 1 N–H and O–H groups in total. The van der Waals surface area contributed by atoms with Crippen molar-refractivity contribution in [1.29, 1.82) is 0 Å². The zero-order valence-electron chi connectivity index (χ0n) is 8.73. The normalized spacial score (nSPS) is 10.8. The van der Waals surface area contributed by atoms with Crippen molar-refractivity contribution < 1.29 is 5.21 Å². The van der Waals surface area contributed by atoms with Gasteiger partial charge in [0, 0.05) is 24.8 Å². The fourth-order valence-corrected chi connectivity index (χ4v) is 1.13. The molecule has 1 aromatic heterocycles. The predicted octanol–water partition coefficient (Wildman–Crippen LogP) is 1.65. The van der Waals surface area contributed by atoms with Crippen molar-refractivity contribution in [3.05, 3.63) is 23.4 Å². The number of aryl methyl sites for hydroxylation is 1. The summed E-state index contributed by atoms with van der Waals surface area (Å²) in [5.41, 5.74) is 1.70. The predicted molar refractivity (Wildman–Crippen MR) is 57.3 cm³/mol. The Morgan fingerprint density at radius 3 is 2.79 bits per heavy atom. The van der Waals surface area contributed by atoms with Crippen molar-refractivity contribution in [2.45, 2.75) is 13.8 Å². The Hall–Kier alpha value is -1.58. The number of hydrogen-bond acceptors (Lipinski definition) is 4. The van der Waals surface area contributed by atoms with Gasteiger partial charge in [-0.05, 0) is 26.0 Å². The topological polar surface area (TPSA) is 48.7 Å². The van der Waals surface area contributed by atoms with Crippen LogP contribution in [0.5, 0.6) is 0 Å². The molecule has 4 heteroatoms. The van der Waals surface area contributed by atoms with Crippen LogP contribution < -0.4 is 4.90 Å². The quantitative estimate of drug-likeness (QED) is 0.451. The second-order valence-electron chi connectivity index (χ2n) is 3.10. The first-order valence-corrected chi connectivity index (χ1v) is 4.55. The summed E-state index contributed by atoms with van der Waals surface area (Å²) in [5.74, 6) is 0.931. The second kappa shape index (κ2) is 4.60. The first-order chi connectivity index (χ1) is 6.69. The molecule has 0 spiro atoms. The van der Waals surface area contributed by atoms with E-state index in [1.807, 2.05) is 31.0 Å². The fourth-order valence-electron chi connectivity index (χ4n) is 1.13. The van der Waals surface area contributed by atoms with Gasteiger partial charge >= 0.3 is 0 Å². The number of pyridine rings is 1. The molecule has 0 aliphatic heterocycles. The SMILES string of the molecule is CCN(C)c1ccc(/C=N\O)c(C)n1. The molecule has 0 atom stereocenters. The molecule has 14 heavy (non-hydrogen) atoms. The lowest BCUT2D eigenvalue weighted by Crippen LogP contribution is -2.17. The molecule has 1 heterocycles. The molecule has 0 aliphatic carbocycles. The smallest absolute Gasteiger partial charge is 0.128 e. The third-order valence-electron chi connectivity index (χ3n) is 2.17. The highest BCUT2D eigenvalue weighted by Gasteiger charge is 2.02. The zero-order chi connectivity index (χ0) is 10.6. The van der Waals surface area contributed by atoms with Crippen LogP contribution in [0.15, 0.2) is 17.3 Å². The highest BCUT2D eigenvalue weighted by atomic mass is 16.4. The van der Waals surface area contributed by atoms with Gasteiger partial charge in [0.15, 0.2) is 0 Å². The Balaban J connectivity index is 3.00. The summed E-state index contributed by atoms with van der Waals surface area (Å²) >= 11 is 0. The molecular formula is C10H15N3O. The monoisotopic (exact) mass is 193 g/mol. The summed E-state index contributed by atoms with van der Waals surface area (Å²) in [6.45, 7) is 4.88. The average molecular weight is 193 g/mol. The van der Waals surface area contributed by atoms with E-state index in [1.165, 1.54) is 6.21 Å². The number of hydrogen-bond donors (Lipinski definition) is 1. The summed E-state index contributed by atoms with van der Waals surface area (Å²) < 4.78 is 0. The van der Waals surface area contributed by atoms with Crippen molar-refractivity contribution in [1.82, 2.24) is 4.98 Å². The van der Waals surface area contributed by atoms with Gasteiger partial charge in [0.05, 0.1) is 6.21 Å². The summed E-state index contributed by atoms with van der Waals surface area (Å²) in [6.07, 6.45) is 1.39. The van der Waals surface area contributed by atoms with Gasteiger partial charge in [-0.15, -0.1) is 0 Å². The fraction of sp³-hybridized carbons (Fsp3) is 0.400. The third-order valence-corrected chi connectivity index (χ3v) is 2.17. The van der Waals surface area contributed by atoms with Gasteiger partial charge in [-0.2, -0.15) is 0 Å². The molecule has 0 amide bonds. The summed E-state index contributed by atoms with van der Waals surface area (Å²) in [5, 5.41) is 11.4. The molecule has 1 rings (SSSR count). The van der Waals surface area contributed by atoms with Crippen molar-refractivity contribution in [3.8, 4) is 0 Å². The van der Waals surface area contributed by atoms with E-state index < -0.39 is 0 Å². The minimum absolute atomic E-state index is 0.834. The molecule has 1 aromatic rings. The largest absolute Gasteiger partial charge is 0.411 e. The Labute approximate surface area is 83.9 Å². The Morgan fingerprint density at radius 2 is 2.29 bits per heavy atom. The average Bonchev–Trinajstić information content (AvgIpc) is 2.20. The van der Waals surface area contributed by atoms with Crippen LogP contribution in [0.25, 0.3) is 0 Å². The van der Waals surface area contributed by atoms with E-state index in [-0.39, 0.29) is 0 Å². The van der Waals surface area contributed by atoms with Crippen LogP contribution in [0.2, 0.25) is 0 Å². The molecular weight excluding hydrogens is 178 g/mol. The number of rotatable bonds is 3. The van der Waals surface area contributed by atoms with Crippen molar-refractivity contribution in [2.75, 3.05) is 18.5 Å².